The molecule has 0 aromatic heterocycles. The van der Waals surface area contributed by atoms with Gasteiger partial charge in [0.25, 0.3) is 5.69 Å². The normalized spacial score (nSPS) is 11.6. The summed E-state index contributed by atoms with van der Waals surface area (Å²) in [7, 11) is 0. The molecule has 102 valence electrons. The van der Waals surface area contributed by atoms with E-state index in [1.165, 1.54) is 12.1 Å². The molecule has 0 aliphatic heterocycles. The number of aliphatic carboxylic acids is 1. The molecule has 2 N–H and O–H groups in total. The van der Waals surface area contributed by atoms with Crippen molar-refractivity contribution in [3.63, 3.8) is 0 Å². The summed E-state index contributed by atoms with van der Waals surface area (Å²) in [5, 5.41) is 22.3. The lowest BCUT2D eigenvalue weighted by Gasteiger charge is -2.16. The molecule has 0 amide bonds. The minimum atomic E-state index is -1.03. The van der Waals surface area contributed by atoms with Gasteiger partial charge in [-0.2, -0.15) is 0 Å². The largest absolute Gasteiger partial charge is 0.480 e. The minimum absolute atomic E-state index is 0.0663. The van der Waals surface area contributed by atoms with Gasteiger partial charge < -0.3 is 10.4 Å². The first kappa shape index (κ1) is 14.6. The number of aldehydes is 1. The van der Waals surface area contributed by atoms with Gasteiger partial charge in [-0.05, 0) is 12.5 Å². The molecule has 0 aliphatic rings. The van der Waals surface area contributed by atoms with Crippen molar-refractivity contribution in [1.29, 1.82) is 0 Å². The summed E-state index contributed by atoms with van der Waals surface area (Å²) in [6.07, 6.45) is 1.51. The molecule has 19 heavy (non-hydrogen) atoms. The molecular weight excluding hydrogens is 252 g/mol. The summed E-state index contributed by atoms with van der Waals surface area (Å²) in [5.74, 6) is -1.03. The molecular formula is C12H14N2O5. The van der Waals surface area contributed by atoms with E-state index >= 15 is 0 Å². The van der Waals surface area contributed by atoms with Gasteiger partial charge in [-0.25, -0.2) is 4.79 Å². The van der Waals surface area contributed by atoms with Gasteiger partial charge in [0.2, 0.25) is 0 Å². The van der Waals surface area contributed by atoms with E-state index in [1.807, 2.05) is 6.92 Å². The maximum absolute atomic E-state index is 11.0. The number of anilines is 1. The number of nitro groups is 1. The van der Waals surface area contributed by atoms with Crippen LogP contribution in [0.25, 0.3) is 0 Å². The fourth-order valence-electron chi connectivity index (χ4n) is 1.63. The van der Waals surface area contributed by atoms with Gasteiger partial charge in [-0.15, -0.1) is 0 Å². The fraction of sp³-hybridized carbons (Fsp3) is 0.333. The third kappa shape index (κ3) is 3.77. The number of nitrogens with zero attached hydrogens (tertiary/aromatic N) is 1. The smallest absolute Gasteiger partial charge is 0.326 e. The van der Waals surface area contributed by atoms with E-state index in [0.717, 1.165) is 6.07 Å². The molecule has 0 bridgehead atoms. The number of benzene rings is 1. The van der Waals surface area contributed by atoms with Gasteiger partial charge in [0.1, 0.15) is 6.04 Å². The van der Waals surface area contributed by atoms with Crippen LogP contribution in [-0.4, -0.2) is 28.3 Å². The van der Waals surface area contributed by atoms with Crippen LogP contribution in [0.4, 0.5) is 11.4 Å². The zero-order chi connectivity index (χ0) is 14.4. The zero-order valence-corrected chi connectivity index (χ0v) is 10.3. The summed E-state index contributed by atoms with van der Waals surface area (Å²) < 4.78 is 0. The molecule has 0 radical (unpaired) electrons. The first-order valence-electron chi connectivity index (χ1n) is 5.72. The number of hydrogen-bond donors (Lipinski definition) is 2. The molecule has 0 saturated heterocycles. The van der Waals surface area contributed by atoms with Gasteiger partial charge in [-0.1, -0.05) is 13.3 Å². The minimum Gasteiger partial charge on any atom is -0.480 e. The molecule has 0 spiro atoms. The van der Waals surface area contributed by atoms with Gasteiger partial charge in [0.05, 0.1) is 4.92 Å². The van der Waals surface area contributed by atoms with E-state index in [0.29, 0.717) is 19.1 Å². The maximum atomic E-state index is 11.0. The van der Waals surface area contributed by atoms with Crippen molar-refractivity contribution in [3.05, 3.63) is 33.9 Å². The summed E-state index contributed by atoms with van der Waals surface area (Å²) in [4.78, 5) is 31.9. The maximum Gasteiger partial charge on any atom is 0.326 e. The van der Waals surface area contributed by atoms with Crippen LogP contribution >= 0.6 is 0 Å². The molecule has 1 aromatic carbocycles. The van der Waals surface area contributed by atoms with Crippen molar-refractivity contribution < 1.29 is 19.6 Å². The lowest BCUT2D eigenvalue weighted by Crippen LogP contribution is -2.29. The summed E-state index contributed by atoms with van der Waals surface area (Å²) in [6.45, 7) is 1.84. The number of rotatable bonds is 7. The molecule has 0 aliphatic carbocycles. The first-order valence-corrected chi connectivity index (χ1v) is 5.72. The monoisotopic (exact) mass is 266 g/mol. The molecule has 7 nitrogen and oxygen atoms in total. The Kier molecular flexibility index (Phi) is 4.99. The lowest BCUT2D eigenvalue weighted by atomic mass is 10.1. The number of nitro benzene ring substituents is 1. The Morgan fingerprint density at radius 3 is 2.74 bits per heavy atom. The SMILES string of the molecule is CCCC(Nc1ccc([N+](=O)[O-])cc1C=O)C(=O)O. The number of carbonyl (C=O) groups is 2. The third-order valence-electron chi connectivity index (χ3n) is 2.58. The molecule has 1 rings (SSSR count). The number of carboxylic acid groups (broad SMARTS) is 1. The van der Waals surface area contributed by atoms with Crippen molar-refractivity contribution in [2.24, 2.45) is 0 Å². The van der Waals surface area contributed by atoms with Crippen molar-refractivity contribution in [2.75, 3.05) is 5.32 Å². The predicted octanol–water partition coefficient (Wildman–Crippen LogP) is 2.07. The highest BCUT2D eigenvalue weighted by atomic mass is 16.6. The number of hydrogen-bond acceptors (Lipinski definition) is 5. The molecule has 1 unspecified atom stereocenters. The van der Waals surface area contributed by atoms with Crippen molar-refractivity contribution in [2.45, 2.75) is 25.8 Å². The Hall–Kier alpha value is -2.44. The standard InChI is InChI=1S/C12H14N2O5/c1-2-3-11(12(16)17)13-10-5-4-9(14(18)19)6-8(10)7-15/h4-7,11,13H,2-3H2,1H3,(H,16,17). The van der Waals surface area contributed by atoms with Gasteiger partial charge >= 0.3 is 5.97 Å². The number of nitrogens with one attached hydrogen (secondary N) is 1. The highest BCUT2D eigenvalue weighted by molar-refractivity contribution is 5.87. The second kappa shape index (κ2) is 6.48. The summed E-state index contributed by atoms with van der Waals surface area (Å²) in [6, 6.07) is 2.85. The summed E-state index contributed by atoms with van der Waals surface area (Å²) in [5.41, 5.74) is 0.132. The Morgan fingerprint density at radius 1 is 1.58 bits per heavy atom. The fourth-order valence-corrected chi connectivity index (χ4v) is 1.63. The predicted molar refractivity (Wildman–Crippen MR) is 68.4 cm³/mol. The summed E-state index contributed by atoms with van der Waals surface area (Å²) >= 11 is 0. The second-order valence-electron chi connectivity index (χ2n) is 3.97. The van der Waals surface area contributed by atoms with Crippen LogP contribution in [0, 0.1) is 10.1 Å². The highest BCUT2D eigenvalue weighted by Crippen LogP contribution is 2.22. The van der Waals surface area contributed by atoms with E-state index in [2.05, 4.69) is 5.32 Å². The van der Waals surface area contributed by atoms with Crippen LogP contribution in [0.3, 0.4) is 0 Å². The molecule has 7 heteroatoms. The quantitative estimate of drug-likeness (QED) is 0.444. The van der Waals surface area contributed by atoms with Gasteiger partial charge in [-0.3, -0.25) is 14.9 Å². The molecule has 0 fully saturated rings. The van der Waals surface area contributed by atoms with E-state index in [-0.39, 0.29) is 16.9 Å². The van der Waals surface area contributed by atoms with E-state index in [4.69, 9.17) is 5.11 Å². The van der Waals surface area contributed by atoms with E-state index < -0.39 is 16.9 Å². The number of carboxylic acids is 1. The zero-order valence-electron chi connectivity index (χ0n) is 10.3. The molecule has 0 saturated carbocycles. The Bertz CT molecular complexity index is 501. The van der Waals surface area contributed by atoms with Crippen LogP contribution in [-0.2, 0) is 4.79 Å². The van der Waals surface area contributed by atoms with Crippen molar-refractivity contribution in [1.82, 2.24) is 0 Å². The lowest BCUT2D eigenvalue weighted by molar-refractivity contribution is -0.384. The average Bonchev–Trinajstić information content (AvgIpc) is 2.38. The molecule has 1 atom stereocenters. The van der Waals surface area contributed by atoms with E-state index in [1.54, 1.807) is 0 Å². The Balaban J connectivity index is 3.02. The highest BCUT2D eigenvalue weighted by Gasteiger charge is 2.18. The van der Waals surface area contributed by atoms with Crippen LogP contribution in [0.5, 0.6) is 0 Å². The number of non-ortho nitro benzene ring substituents is 1. The average molecular weight is 266 g/mol. The number of carbonyl (C=O) groups excluding carboxylic acids is 1. The van der Waals surface area contributed by atoms with Crippen LogP contribution in [0.15, 0.2) is 18.2 Å². The van der Waals surface area contributed by atoms with Crippen molar-refractivity contribution >= 4 is 23.6 Å². The Morgan fingerprint density at radius 2 is 2.26 bits per heavy atom. The van der Waals surface area contributed by atoms with Gasteiger partial charge in [0, 0.05) is 23.4 Å². The van der Waals surface area contributed by atoms with Gasteiger partial charge in [0.15, 0.2) is 6.29 Å². The van der Waals surface area contributed by atoms with Crippen LogP contribution in [0.1, 0.15) is 30.1 Å². The third-order valence-corrected chi connectivity index (χ3v) is 2.58. The van der Waals surface area contributed by atoms with E-state index in [9.17, 15) is 19.7 Å². The second-order valence-corrected chi connectivity index (χ2v) is 3.97. The Labute approximate surface area is 109 Å². The topological polar surface area (TPSA) is 110 Å². The van der Waals surface area contributed by atoms with Crippen molar-refractivity contribution in [3.8, 4) is 0 Å². The molecule has 1 aromatic rings. The molecule has 0 heterocycles. The van der Waals surface area contributed by atoms with Crippen LogP contribution in [0.2, 0.25) is 0 Å². The first-order chi connectivity index (χ1) is 8.99. The van der Waals surface area contributed by atoms with Crippen LogP contribution < -0.4 is 5.32 Å².